The first-order chi connectivity index (χ1) is 21.2. The number of benzene rings is 1. The monoisotopic (exact) mass is 600 g/mol. The van der Waals surface area contributed by atoms with Gasteiger partial charge < -0.3 is 19.9 Å². The minimum atomic E-state index is -0.888. The highest BCUT2D eigenvalue weighted by Gasteiger charge is 2.51. The highest BCUT2D eigenvalue weighted by atomic mass is 19.1. The van der Waals surface area contributed by atoms with E-state index in [9.17, 15) is 14.4 Å². The fourth-order valence-electron chi connectivity index (χ4n) is 6.04. The van der Waals surface area contributed by atoms with Crippen LogP contribution in [0.25, 0.3) is 28.0 Å². The van der Waals surface area contributed by atoms with Gasteiger partial charge >= 0.3 is 5.69 Å². The smallest absolute Gasteiger partial charge is 0.356 e. The van der Waals surface area contributed by atoms with E-state index >= 15 is 8.78 Å². The summed E-state index contributed by atoms with van der Waals surface area (Å²) in [5.41, 5.74) is -1.05. The van der Waals surface area contributed by atoms with Gasteiger partial charge in [-0.15, -0.1) is 0 Å². The van der Waals surface area contributed by atoms with Crippen molar-refractivity contribution in [3.63, 3.8) is 0 Å². The molecule has 44 heavy (non-hydrogen) atoms. The third-order valence-corrected chi connectivity index (χ3v) is 8.09. The number of carbonyl (C=O) groups is 2. The van der Waals surface area contributed by atoms with Crippen molar-refractivity contribution in [1.29, 1.82) is 0 Å². The van der Waals surface area contributed by atoms with Crippen LogP contribution in [-0.2, 0) is 9.59 Å². The molecule has 1 saturated heterocycles. The number of nitrogens with one attached hydrogen (secondary N) is 1. The molecule has 2 aliphatic heterocycles. The summed E-state index contributed by atoms with van der Waals surface area (Å²) in [6, 6.07) is 4.83. The van der Waals surface area contributed by atoms with Crippen molar-refractivity contribution < 1.29 is 23.1 Å². The van der Waals surface area contributed by atoms with Crippen molar-refractivity contribution >= 4 is 34.4 Å². The third kappa shape index (κ3) is 4.28. The summed E-state index contributed by atoms with van der Waals surface area (Å²) < 4.78 is 38.4. The molecule has 2 bridgehead atoms. The predicted molar refractivity (Wildman–Crippen MR) is 156 cm³/mol. The van der Waals surface area contributed by atoms with E-state index in [0.717, 1.165) is 16.7 Å². The molecule has 3 aliphatic rings. The van der Waals surface area contributed by atoms with E-state index in [2.05, 4.69) is 31.8 Å². The summed E-state index contributed by atoms with van der Waals surface area (Å²) in [4.78, 5) is 60.5. The van der Waals surface area contributed by atoms with Crippen LogP contribution in [0.2, 0.25) is 0 Å². The topological polar surface area (TPSA) is 135 Å². The summed E-state index contributed by atoms with van der Waals surface area (Å²) in [5.74, 6) is -2.70. The fraction of sp³-hybridized carbons (Fsp3) is 0.300. The minimum absolute atomic E-state index is 0.0253. The maximum Gasteiger partial charge on any atom is 0.356 e. The number of nitrogens with zero attached hydrogens (tertiary/aromatic N) is 7. The average molecular weight is 601 g/mol. The third-order valence-electron chi connectivity index (χ3n) is 8.09. The highest BCUT2D eigenvalue weighted by molar-refractivity contribution is 5.98. The number of rotatable bonds is 3. The fourth-order valence-corrected chi connectivity index (χ4v) is 6.04. The van der Waals surface area contributed by atoms with Crippen LogP contribution in [0.1, 0.15) is 31.9 Å². The van der Waals surface area contributed by atoms with E-state index in [4.69, 9.17) is 4.74 Å². The predicted octanol–water partition coefficient (Wildman–Crippen LogP) is 2.95. The summed E-state index contributed by atoms with van der Waals surface area (Å²) >= 11 is 0. The molecule has 1 N–H and O–H groups in total. The maximum atomic E-state index is 16.1. The molecule has 1 saturated carbocycles. The zero-order valence-electron chi connectivity index (χ0n) is 23.8. The largest absolute Gasteiger partial charge is 0.466 e. The van der Waals surface area contributed by atoms with Crippen molar-refractivity contribution in [2.45, 2.75) is 38.3 Å². The number of aromatic nitrogens is 5. The molecule has 14 heteroatoms. The van der Waals surface area contributed by atoms with E-state index in [1.165, 1.54) is 24.5 Å². The van der Waals surface area contributed by atoms with Gasteiger partial charge in [-0.3, -0.25) is 9.59 Å². The van der Waals surface area contributed by atoms with Gasteiger partial charge in [-0.25, -0.2) is 28.1 Å². The summed E-state index contributed by atoms with van der Waals surface area (Å²) in [6.45, 7) is 7.42. The number of piperazine rings is 1. The molecule has 0 unspecified atom stereocenters. The molecule has 3 aromatic heterocycles. The Bertz CT molecular complexity index is 1960. The molecule has 0 spiro atoms. The first-order valence-electron chi connectivity index (χ1n) is 14.1. The SMILES string of the molecule is C=CC(=O)N1CCN(c2nc(=O)n3c4nc(c(F)cc24)-c2c(F)cccc2NC(=O)COc2ncnc(C(C)C)c2-3)[C@H]2C[C@H]21. The van der Waals surface area contributed by atoms with Crippen LogP contribution in [0.4, 0.5) is 20.3 Å². The lowest BCUT2D eigenvalue weighted by molar-refractivity contribution is -0.127. The Kier molecular flexibility index (Phi) is 6.37. The van der Waals surface area contributed by atoms with Crippen LogP contribution in [0.15, 0.2) is 48.0 Å². The number of hydrogen-bond acceptors (Lipinski definition) is 9. The maximum absolute atomic E-state index is 16.1. The van der Waals surface area contributed by atoms with E-state index in [-0.39, 0.29) is 63.6 Å². The molecule has 1 aliphatic carbocycles. The van der Waals surface area contributed by atoms with Crippen LogP contribution >= 0.6 is 0 Å². The molecule has 2 fully saturated rings. The second-order valence-corrected chi connectivity index (χ2v) is 11.1. The quantitative estimate of drug-likeness (QED) is 0.352. The summed E-state index contributed by atoms with van der Waals surface area (Å²) in [6.07, 6.45) is 3.16. The Balaban J connectivity index is 1.54. The van der Waals surface area contributed by atoms with Crippen molar-refractivity contribution in [3.8, 4) is 22.8 Å². The Morgan fingerprint density at radius 3 is 2.73 bits per heavy atom. The molecule has 7 rings (SSSR count). The zero-order chi connectivity index (χ0) is 30.9. The van der Waals surface area contributed by atoms with Crippen LogP contribution in [-0.4, -0.2) is 73.0 Å². The van der Waals surface area contributed by atoms with E-state index in [0.29, 0.717) is 25.2 Å². The minimum Gasteiger partial charge on any atom is -0.466 e. The number of pyridine rings is 1. The van der Waals surface area contributed by atoms with Gasteiger partial charge in [-0.05, 0) is 36.6 Å². The second kappa shape index (κ2) is 10.2. The van der Waals surface area contributed by atoms with E-state index in [1.807, 2.05) is 18.7 Å². The molecule has 2 atom stereocenters. The van der Waals surface area contributed by atoms with Gasteiger partial charge in [0.1, 0.15) is 29.3 Å². The molecule has 0 radical (unpaired) electrons. The van der Waals surface area contributed by atoms with Crippen molar-refractivity contribution in [3.05, 3.63) is 71.1 Å². The number of hydrogen-bond donors (Lipinski definition) is 1. The molecular formula is C30H26F2N8O4. The standard InChI is InChI=1S/C30H26F2N8O4/c1-4-22(42)38-8-9-39(20-11-19(20)38)27-15-10-17(32)25-23-16(31)6-5-7-18(23)35-21(41)12-44-29-26(24(14(2)3)33-13-34-29)40(28(15)36-25)30(43)37-27/h4-7,10,13-14,19-20H,1,8-9,11-12H2,2-3H3,(H,35,41)/t19-,20+/m1/s1. The average Bonchev–Trinajstić information content (AvgIpc) is 3.80. The molecule has 2 amide bonds. The van der Waals surface area contributed by atoms with Gasteiger partial charge in [0.15, 0.2) is 18.1 Å². The van der Waals surface area contributed by atoms with E-state index < -0.39 is 35.5 Å². The van der Waals surface area contributed by atoms with Crippen LogP contribution in [0.5, 0.6) is 5.88 Å². The second-order valence-electron chi connectivity index (χ2n) is 11.1. The van der Waals surface area contributed by atoms with Crippen molar-refractivity contribution in [2.75, 3.05) is 29.9 Å². The van der Waals surface area contributed by atoms with Crippen molar-refractivity contribution in [2.24, 2.45) is 0 Å². The lowest BCUT2D eigenvalue weighted by Gasteiger charge is -2.35. The molecule has 1 aromatic carbocycles. The number of carbonyl (C=O) groups excluding carboxylic acids is 2. The van der Waals surface area contributed by atoms with E-state index in [1.54, 1.807) is 4.90 Å². The van der Waals surface area contributed by atoms with Gasteiger partial charge in [0.2, 0.25) is 11.8 Å². The van der Waals surface area contributed by atoms with Gasteiger partial charge in [0.05, 0.1) is 34.4 Å². The highest BCUT2D eigenvalue weighted by Crippen LogP contribution is 2.42. The Labute approximate surface area is 249 Å². The van der Waals surface area contributed by atoms with Crippen LogP contribution in [0.3, 0.4) is 0 Å². The first kappa shape index (κ1) is 27.6. The van der Waals surface area contributed by atoms with Gasteiger partial charge in [-0.1, -0.05) is 26.5 Å². The number of halogens is 2. The van der Waals surface area contributed by atoms with Crippen LogP contribution in [0, 0.1) is 11.6 Å². The molecule has 5 heterocycles. The number of fused-ring (bicyclic) bond motifs is 6. The molecule has 4 aromatic rings. The number of anilines is 2. The van der Waals surface area contributed by atoms with Gasteiger partial charge in [0, 0.05) is 13.1 Å². The zero-order valence-corrected chi connectivity index (χ0v) is 23.8. The summed E-state index contributed by atoms with van der Waals surface area (Å²) in [5, 5.41) is 2.75. The van der Waals surface area contributed by atoms with Crippen LogP contribution < -0.4 is 20.6 Å². The normalized spacial score (nSPS) is 18.9. The Morgan fingerprint density at radius 1 is 1.14 bits per heavy atom. The lowest BCUT2D eigenvalue weighted by Crippen LogP contribution is -2.49. The lowest BCUT2D eigenvalue weighted by atomic mass is 10.1. The molecular weight excluding hydrogens is 574 g/mol. The number of ether oxygens (including phenoxy) is 1. The van der Waals surface area contributed by atoms with Gasteiger partial charge in [0.25, 0.3) is 5.91 Å². The Hall–Kier alpha value is -5.27. The van der Waals surface area contributed by atoms with Crippen molar-refractivity contribution in [1.82, 2.24) is 29.4 Å². The first-order valence-corrected chi connectivity index (χ1v) is 14.1. The molecule has 224 valence electrons. The molecule has 12 nitrogen and oxygen atoms in total. The number of amides is 2. The summed E-state index contributed by atoms with van der Waals surface area (Å²) in [7, 11) is 0. The Morgan fingerprint density at radius 2 is 1.95 bits per heavy atom. The van der Waals surface area contributed by atoms with Gasteiger partial charge in [-0.2, -0.15) is 9.97 Å².